The minimum atomic E-state index is -0.0977. The predicted molar refractivity (Wildman–Crippen MR) is 106 cm³/mol. The average molecular weight is 382 g/mol. The standard InChI is InChI=1S/C20H26N6O2/c1-4-15-9-19(27)26-18(22-15)10-17(23-26)14-7-6-8-24(12-14)20(28)16-11-21-25(5-2)13(16)3/h9-11,14,23H,4-8,12H2,1-3H3. The number of hydrogen-bond acceptors (Lipinski definition) is 4. The molecule has 3 aromatic heterocycles. The summed E-state index contributed by atoms with van der Waals surface area (Å²) in [5.41, 5.74) is 3.87. The van der Waals surface area contributed by atoms with Gasteiger partial charge in [-0.1, -0.05) is 6.92 Å². The maximum absolute atomic E-state index is 13.0. The molecular formula is C20H26N6O2. The summed E-state index contributed by atoms with van der Waals surface area (Å²) in [5.74, 6) is 0.187. The van der Waals surface area contributed by atoms with Crippen LogP contribution in [0.1, 0.15) is 60.0 Å². The Labute approximate surface area is 163 Å². The number of H-pyrrole nitrogens is 1. The zero-order valence-electron chi connectivity index (χ0n) is 16.6. The smallest absolute Gasteiger partial charge is 0.272 e. The fraction of sp³-hybridized carbons (Fsp3) is 0.500. The first-order chi connectivity index (χ1) is 13.5. The molecule has 4 rings (SSSR count). The maximum Gasteiger partial charge on any atom is 0.272 e. The van der Waals surface area contributed by atoms with Crippen LogP contribution in [0.15, 0.2) is 23.1 Å². The number of amides is 1. The van der Waals surface area contributed by atoms with E-state index in [2.05, 4.69) is 15.2 Å². The monoisotopic (exact) mass is 382 g/mol. The summed E-state index contributed by atoms with van der Waals surface area (Å²) in [6.07, 6.45) is 4.29. The molecule has 0 bridgehead atoms. The third kappa shape index (κ3) is 3.12. The fourth-order valence-corrected chi connectivity index (χ4v) is 4.01. The van der Waals surface area contributed by atoms with Crippen LogP contribution < -0.4 is 5.56 Å². The molecule has 1 aliphatic rings. The number of rotatable bonds is 4. The van der Waals surface area contributed by atoms with Crippen molar-refractivity contribution in [3.8, 4) is 0 Å². The van der Waals surface area contributed by atoms with Crippen molar-refractivity contribution in [1.29, 1.82) is 0 Å². The van der Waals surface area contributed by atoms with Crippen LogP contribution in [-0.2, 0) is 13.0 Å². The zero-order valence-corrected chi connectivity index (χ0v) is 16.6. The van der Waals surface area contributed by atoms with Gasteiger partial charge in [-0.2, -0.15) is 5.10 Å². The lowest BCUT2D eigenvalue weighted by atomic mass is 9.94. The van der Waals surface area contributed by atoms with Crippen molar-refractivity contribution in [2.24, 2.45) is 0 Å². The number of carbonyl (C=O) groups excluding carboxylic acids is 1. The predicted octanol–water partition coefficient (Wildman–Crippen LogP) is 2.13. The Morgan fingerprint density at radius 2 is 2.14 bits per heavy atom. The van der Waals surface area contributed by atoms with E-state index in [0.29, 0.717) is 17.8 Å². The molecule has 1 amide bonds. The van der Waals surface area contributed by atoms with Gasteiger partial charge in [0.1, 0.15) is 0 Å². The Kier molecular flexibility index (Phi) is 4.78. The number of nitrogens with zero attached hydrogens (tertiary/aromatic N) is 5. The minimum Gasteiger partial charge on any atom is -0.338 e. The molecule has 28 heavy (non-hydrogen) atoms. The van der Waals surface area contributed by atoms with Crippen LogP contribution >= 0.6 is 0 Å². The second kappa shape index (κ2) is 7.26. The molecule has 0 aromatic carbocycles. The van der Waals surface area contributed by atoms with Gasteiger partial charge in [0, 0.05) is 54.8 Å². The number of aryl methyl sites for hydroxylation is 2. The van der Waals surface area contributed by atoms with Gasteiger partial charge in [0.15, 0.2) is 5.65 Å². The van der Waals surface area contributed by atoms with E-state index >= 15 is 0 Å². The lowest BCUT2D eigenvalue weighted by Gasteiger charge is -2.32. The molecule has 1 aliphatic heterocycles. The number of piperidine rings is 1. The summed E-state index contributed by atoms with van der Waals surface area (Å²) in [7, 11) is 0. The SMILES string of the molecule is CCc1cc(=O)n2[nH]c(C3CCCN(C(=O)c4cnn(CC)c4C)C3)cc2n1. The van der Waals surface area contributed by atoms with Crippen molar-refractivity contribution in [2.45, 2.75) is 52.5 Å². The van der Waals surface area contributed by atoms with Crippen LogP contribution in [-0.4, -0.2) is 48.3 Å². The number of hydrogen-bond donors (Lipinski definition) is 1. The summed E-state index contributed by atoms with van der Waals surface area (Å²) >= 11 is 0. The summed E-state index contributed by atoms with van der Waals surface area (Å²) in [4.78, 5) is 31.8. The number of fused-ring (bicyclic) bond motifs is 1. The number of aromatic nitrogens is 5. The Morgan fingerprint density at radius 3 is 2.86 bits per heavy atom. The van der Waals surface area contributed by atoms with E-state index < -0.39 is 0 Å². The summed E-state index contributed by atoms with van der Waals surface area (Å²) in [6.45, 7) is 8.05. The second-order valence-corrected chi connectivity index (χ2v) is 7.39. The summed E-state index contributed by atoms with van der Waals surface area (Å²) < 4.78 is 3.33. The number of carbonyl (C=O) groups is 1. The Morgan fingerprint density at radius 1 is 1.32 bits per heavy atom. The van der Waals surface area contributed by atoms with Crippen molar-refractivity contribution in [2.75, 3.05) is 13.1 Å². The minimum absolute atomic E-state index is 0.0292. The molecule has 0 radical (unpaired) electrons. The van der Waals surface area contributed by atoms with Crippen LogP contribution in [0.3, 0.4) is 0 Å². The molecule has 0 aliphatic carbocycles. The van der Waals surface area contributed by atoms with Crippen LogP contribution in [0.25, 0.3) is 5.65 Å². The molecule has 148 valence electrons. The van der Waals surface area contributed by atoms with Gasteiger partial charge < -0.3 is 4.90 Å². The zero-order chi connectivity index (χ0) is 19.8. The number of aromatic amines is 1. The molecule has 0 saturated carbocycles. The van der Waals surface area contributed by atoms with Gasteiger partial charge in [-0.15, -0.1) is 0 Å². The van der Waals surface area contributed by atoms with E-state index in [1.54, 1.807) is 12.3 Å². The molecule has 1 fully saturated rings. The van der Waals surface area contributed by atoms with E-state index in [4.69, 9.17) is 0 Å². The second-order valence-electron chi connectivity index (χ2n) is 7.39. The van der Waals surface area contributed by atoms with Crippen molar-refractivity contribution in [3.05, 3.63) is 51.3 Å². The van der Waals surface area contributed by atoms with Crippen molar-refractivity contribution in [3.63, 3.8) is 0 Å². The van der Waals surface area contributed by atoms with E-state index in [0.717, 1.165) is 49.4 Å². The first kappa shape index (κ1) is 18.5. The summed E-state index contributed by atoms with van der Waals surface area (Å²) in [6, 6.07) is 3.51. The van der Waals surface area contributed by atoms with Gasteiger partial charge in [0.2, 0.25) is 0 Å². The Balaban J connectivity index is 1.59. The topological polar surface area (TPSA) is 88.3 Å². The molecule has 0 spiro atoms. The van der Waals surface area contributed by atoms with Crippen LogP contribution in [0.5, 0.6) is 0 Å². The van der Waals surface area contributed by atoms with Crippen molar-refractivity contribution in [1.82, 2.24) is 29.3 Å². The molecule has 8 nitrogen and oxygen atoms in total. The average Bonchev–Trinajstić information content (AvgIpc) is 3.31. The Bertz CT molecular complexity index is 1080. The van der Waals surface area contributed by atoms with Crippen LogP contribution in [0.4, 0.5) is 0 Å². The largest absolute Gasteiger partial charge is 0.338 e. The van der Waals surface area contributed by atoms with Gasteiger partial charge in [0.05, 0.1) is 11.8 Å². The third-order valence-electron chi connectivity index (χ3n) is 5.67. The highest BCUT2D eigenvalue weighted by Crippen LogP contribution is 2.27. The van der Waals surface area contributed by atoms with Gasteiger partial charge >= 0.3 is 0 Å². The quantitative estimate of drug-likeness (QED) is 0.749. The van der Waals surface area contributed by atoms with Gasteiger partial charge in [-0.3, -0.25) is 19.4 Å². The van der Waals surface area contributed by atoms with Gasteiger partial charge in [0.25, 0.3) is 11.5 Å². The molecule has 1 N–H and O–H groups in total. The van der Waals surface area contributed by atoms with Crippen molar-refractivity contribution >= 4 is 11.6 Å². The molecule has 8 heteroatoms. The lowest BCUT2D eigenvalue weighted by molar-refractivity contribution is 0.0705. The number of nitrogens with one attached hydrogen (secondary N) is 1. The van der Waals surface area contributed by atoms with Crippen LogP contribution in [0.2, 0.25) is 0 Å². The van der Waals surface area contributed by atoms with Gasteiger partial charge in [-0.05, 0) is 33.1 Å². The maximum atomic E-state index is 13.0. The van der Waals surface area contributed by atoms with Crippen LogP contribution in [0, 0.1) is 6.92 Å². The first-order valence-corrected chi connectivity index (χ1v) is 9.95. The molecule has 1 atom stereocenters. The molecule has 1 saturated heterocycles. The van der Waals surface area contributed by atoms with Crippen molar-refractivity contribution < 1.29 is 4.79 Å². The fourth-order valence-electron chi connectivity index (χ4n) is 4.01. The Hall–Kier alpha value is -2.90. The van der Waals surface area contributed by atoms with E-state index in [-0.39, 0.29) is 17.4 Å². The highest BCUT2D eigenvalue weighted by atomic mass is 16.2. The summed E-state index contributed by atoms with van der Waals surface area (Å²) in [5, 5.41) is 7.49. The normalized spacial score (nSPS) is 17.4. The van der Waals surface area contributed by atoms with E-state index in [1.807, 2.05) is 36.4 Å². The first-order valence-electron chi connectivity index (χ1n) is 9.95. The molecule has 4 heterocycles. The molecular weight excluding hydrogens is 356 g/mol. The van der Waals surface area contributed by atoms with Gasteiger partial charge in [-0.25, -0.2) is 9.50 Å². The molecule has 1 unspecified atom stereocenters. The highest BCUT2D eigenvalue weighted by molar-refractivity contribution is 5.95. The third-order valence-corrected chi connectivity index (χ3v) is 5.67. The lowest BCUT2D eigenvalue weighted by Crippen LogP contribution is -2.39. The number of likely N-dealkylation sites (tertiary alicyclic amines) is 1. The van der Waals surface area contributed by atoms with E-state index in [1.165, 1.54) is 4.52 Å². The molecule has 3 aromatic rings. The van der Waals surface area contributed by atoms with E-state index in [9.17, 15) is 9.59 Å². The highest BCUT2D eigenvalue weighted by Gasteiger charge is 2.28.